The number of likely N-dealkylation sites (N-methyl/N-ethyl adjacent to an activating group) is 1. The lowest BCUT2D eigenvalue weighted by atomic mass is 10.1. The molecule has 0 saturated carbocycles. The Kier molecular flexibility index (Phi) is 7.23. The summed E-state index contributed by atoms with van der Waals surface area (Å²) in [4.78, 5) is 26.2. The predicted octanol–water partition coefficient (Wildman–Crippen LogP) is 3.47. The van der Waals surface area contributed by atoms with Crippen molar-refractivity contribution in [2.24, 2.45) is 0 Å². The van der Waals surface area contributed by atoms with Crippen LogP contribution >= 0.6 is 0 Å². The number of benzene rings is 2. The molecule has 6 nitrogen and oxygen atoms in total. The number of methoxy groups -OCH3 is 1. The summed E-state index contributed by atoms with van der Waals surface area (Å²) in [6.07, 6.45) is 0. The fraction of sp³-hybridized carbons (Fsp3) is 0.333. The Morgan fingerprint density at radius 1 is 1.07 bits per heavy atom. The topological polar surface area (TPSA) is 65.1 Å². The molecule has 0 aliphatic heterocycles. The molecule has 6 heteroatoms. The molecule has 0 fully saturated rings. The lowest BCUT2D eigenvalue weighted by Gasteiger charge is -2.25. The van der Waals surface area contributed by atoms with E-state index in [1.807, 2.05) is 44.2 Å². The van der Waals surface area contributed by atoms with E-state index in [0.29, 0.717) is 23.7 Å². The first-order valence-corrected chi connectivity index (χ1v) is 8.76. The molecular formula is C21H25NO5. The number of rotatable bonds is 8. The van der Waals surface area contributed by atoms with Gasteiger partial charge in [-0.25, -0.2) is 4.79 Å². The van der Waals surface area contributed by atoms with Crippen molar-refractivity contribution in [2.45, 2.75) is 19.9 Å². The molecule has 0 N–H and O–H groups in total. The molecule has 0 saturated heterocycles. The van der Waals surface area contributed by atoms with E-state index in [-0.39, 0.29) is 18.6 Å². The van der Waals surface area contributed by atoms with Crippen LogP contribution in [0.3, 0.4) is 0 Å². The largest absolute Gasteiger partial charge is 0.493 e. The molecule has 144 valence electrons. The van der Waals surface area contributed by atoms with Gasteiger partial charge in [0.15, 0.2) is 18.1 Å². The summed E-state index contributed by atoms with van der Waals surface area (Å²) in [6.45, 7) is 3.87. The van der Waals surface area contributed by atoms with Crippen LogP contribution in [0.5, 0.6) is 11.5 Å². The molecule has 0 aliphatic rings. The van der Waals surface area contributed by atoms with E-state index < -0.39 is 5.97 Å². The number of carbonyl (C=O) groups excluding carboxylic acids is 2. The highest BCUT2D eigenvalue weighted by Crippen LogP contribution is 2.28. The van der Waals surface area contributed by atoms with Gasteiger partial charge in [0.1, 0.15) is 0 Å². The van der Waals surface area contributed by atoms with E-state index in [1.54, 1.807) is 30.1 Å². The van der Waals surface area contributed by atoms with Gasteiger partial charge in [0.25, 0.3) is 5.91 Å². The fourth-order valence-corrected chi connectivity index (χ4v) is 2.56. The highest BCUT2D eigenvalue weighted by molar-refractivity contribution is 5.92. The van der Waals surface area contributed by atoms with E-state index in [0.717, 1.165) is 5.56 Å². The first kappa shape index (κ1) is 20.3. The third-order valence-electron chi connectivity index (χ3n) is 4.28. The minimum Gasteiger partial charge on any atom is -0.493 e. The van der Waals surface area contributed by atoms with Crippen LogP contribution in [0.15, 0.2) is 48.5 Å². The Morgan fingerprint density at radius 3 is 2.41 bits per heavy atom. The summed E-state index contributed by atoms with van der Waals surface area (Å²) in [5.74, 6) is 0.113. The van der Waals surface area contributed by atoms with E-state index in [4.69, 9.17) is 14.2 Å². The van der Waals surface area contributed by atoms with Crippen molar-refractivity contribution >= 4 is 11.9 Å². The highest BCUT2D eigenvalue weighted by Gasteiger charge is 2.19. The van der Waals surface area contributed by atoms with Gasteiger partial charge >= 0.3 is 5.97 Å². The van der Waals surface area contributed by atoms with Crippen molar-refractivity contribution in [3.63, 3.8) is 0 Å². The third kappa shape index (κ3) is 5.23. The number of carbonyl (C=O) groups is 2. The molecule has 0 heterocycles. The molecule has 0 aromatic heterocycles. The number of amides is 1. The minimum absolute atomic E-state index is 0.122. The van der Waals surface area contributed by atoms with Gasteiger partial charge < -0.3 is 19.1 Å². The zero-order chi connectivity index (χ0) is 19.8. The average molecular weight is 371 g/mol. The molecule has 1 amide bonds. The van der Waals surface area contributed by atoms with Crippen molar-refractivity contribution in [3.05, 3.63) is 59.7 Å². The van der Waals surface area contributed by atoms with Crippen LogP contribution in [0.1, 0.15) is 35.8 Å². The SMILES string of the molecule is CCOc1cc(C(=O)OCC(=O)N(C)[C@H](C)c2ccccc2)ccc1OC. The first-order chi connectivity index (χ1) is 13.0. The van der Waals surface area contributed by atoms with Crippen LogP contribution in [0.2, 0.25) is 0 Å². The second-order valence-electron chi connectivity index (χ2n) is 5.97. The van der Waals surface area contributed by atoms with Gasteiger partial charge in [-0.2, -0.15) is 0 Å². The Labute approximate surface area is 159 Å². The summed E-state index contributed by atoms with van der Waals surface area (Å²) in [6, 6.07) is 14.3. The molecule has 0 spiro atoms. The smallest absolute Gasteiger partial charge is 0.338 e. The number of ether oxygens (including phenoxy) is 3. The number of hydrogen-bond donors (Lipinski definition) is 0. The van der Waals surface area contributed by atoms with Crippen molar-refractivity contribution in [3.8, 4) is 11.5 Å². The third-order valence-corrected chi connectivity index (χ3v) is 4.28. The molecule has 27 heavy (non-hydrogen) atoms. The zero-order valence-electron chi connectivity index (χ0n) is 16.1. The molecule has 0 unspecified atom stereocenters. The molecule has 2 aromatic rings. The van der Waals surface area contributed by atoms with Crippen LogP contribution in [0.25, 0.3) is 0 Å². The summed E-state index contributed by atoms with van der Waals surface area (Å²) >= 11 is 0. The highest BCUT2D eigenvalue weighted by atomic mass is 16.5. The average Bonchev–Trinajstić information content (AvgIpc) is 2.71. The minimum atomic E-state index is -0.590. The quantitative estimate of drug-likeness (QED) is 0.665. The van der Waals surface area contributed by atoms with Gasteiger partial charge in [0, 0.05) is 7.05 Å². The Morgan fingerprint density at radius 2 is 1.78 bits per heavy atom. The maximum absolute atomic E-state index is 12.4. The molecule has 2 rings (SSSR count). The Balaban J connectivity index is 1.98. The van der Waals surface area contributed by atoms with Crippen molar-refractivity contribution in [2.75, 3.05) is 27.4 Å². The normalized spacial score (nSPS) is 11.4. The lowest BCUT2D eigenvalue weighted by Crippen LogP contribution is -2.33. The molecule has 0 bridgehead atoms. The van der Waals surface area contributed by atoms with E-state index in [9.17, 15) is 9.59 Å². The second-order valence-corrected chi connectivity index (χ2v) is 5.97. The summed E-state index contributed by atoms with van der Waals surface area (Å²) in [5, 5.41) is 0. The van der Waals surface area contributed by atoms with Gasteiger partial charge in [-0.05, 0) is 37.6 Å². The van der Waals surface area contributed by atoms with E-state index in [1.165, 1.54) is 7.11 Å². The van der Waals surface area contributed by atoms with E-state index >= 15 is 0 Å². The molecule has 1 atom stereocenters. The van der Waals surface area contributed by atoms with E-state index in [2.05, 4.69) is 0 Å². The summed E-state index contributed by atoms with van der Waals surface area (Å²) < 4.78 is 15.8. The lowest BCUT2D eigenvalue weighted by molar-refractivity contribution is -0.135. The summed E-state index contributed by atoms with van der Waals surface area (Å²) in [7, 11) is 3.21. The number of esters is 1. The van der Waals surface area contributed by atoms with Crippen LogP contribution in [-0.4, -0.2) is 44.1 Å². The molecule has 2 aromatic carbocycles. The Hall–Kier alpha value is -3.02. The molecular weight excluding hydrogens is 346 g/mol. The number of hydrogen-bond acceptors (Lipinski definition) is 5. The van der Waals surface area contributed by atoms with Crippen molar-refractivity contribution in [1.82, 2.24) is 4.90 Å². The second kappa shape index (κ2) is 9.62. The van der Waals surface area contributed by atoms with Crippen LogP contribution in [0.4, 0.5) is 0 Å². The maximum Gasteiger partial charge on any atom is 0.338 e. The fourth-order valence-electron chi connectivity index (χ4n) is 2.56. The van der Waals surface area contributed by atoms with Gasteiger partial charge in [-0.3, -0.25) is 4.79 Å². The molecule has 0 aliphatic carbocycles. The van der Waals surface area contributed by atoms with Crippen LogP contribution < -0.4 is 9.47 Å². The Bertz CT molecular complexity index is 775. The van der Waals surface area contributed by atoms with Gasteiger partial charge in [-0.1, -0.05) is 30.3 Å². The maximum atomic E-state index is 12.4. The molecule has 0 radical (unpaired) electrons. The van der Waals surface area contributed by atoms with Gasteiger partial charge in [-0.15, -0.1) is 0 Å². The van der Waals surface area contributed by atoms with Gasteiger partial charge in [0.05, 0.1) is 25.3 Å². The van der Waals surface area contributed by atoms with Crippen LogP contribution in [-0.2, 0) is 9.53 Å². The number of nitrogens with zero attached hydrogens (tertiary/aromatic N) is 1. The monoisotopic (exact) mass is 371 g/mol. The predicted molar refractivity (Wildman–Crippen MR) is 102 cm³/mol. The van der Waals surface area contributed by atoms with Crippen molar-refractivity contribution in [1.29, 1.82) is 0 Å². The van der Waals surface area contributed by atoms with Crippen LogP contribution in [0, 0.1) is 0 Å². The summed E-state index contributed by atoms with van der Waals surface area (Å²) in [5.41, 5.74) is 1.31. The van der Waals surface area contributed by atoms with Crippen molar-refractivity contribution < 1.29 is 23.8 Å². The zero-order valence-corrected chi connectivity index (χ0v) is 16.1. The standard InChI is InChI=1S/C21H25NO5/c1-5-26-19-13-17(11-12-18(19)25-4)21(24)27-14-20(23)22(3)15(2)16-9-7-6-8-10-16/h6-13,15H,5,14H2,1-4H3/t15-/m1/s1. The van der Waals surface area contributed by atoms with Gasteiger partial charge in [0.2, 0.25) is 0 Å². The first-order valence-electron chi connectivity index (χ1n) is 8.76.